The molecule has 12 aliphatic rings. The molecule has 2 aromatic carbocycles. The minimum Gasteiger partial charge on any atom is -0.478 e. The van der Waals surface area contributed by atoms with E-state index in [1.165, 1.54) is 107 Å². The van der Waals surface area contributed by atoms with Gasteiger partial charge in [0.1, 0.15) is 0 Å². The lowest BCUT2D eigenvalue weighted by Gasteiger charge is -2.62. The second-order valence-corrected chi connectivity index (χ2v) is 20.3. The van der Waals surface area contributed by atoms with Crippen LogP contribution in [0.3, 0.4) is 0 Å². The monoisotopic (exact) mass is 692 g/mol. The van der Waals surface area contributed by atoms with Gasteiger partial charge in [-0.3, -0.25) is 0 Å². The molecule has 4 heteroatoms. The van der Waals surface area contributed by atoms with Gasteiger partial charge in [-0.05, 0) is 198 Å². The Bertz CT molecular complexity index is 1910. The Morgan fingerprint density at radius 1 is 0.519 bits per heavy atom. The van der Waals surface area contributed by atoms with Gasteiger partial charge in [0.05, 0.1) is 16.7 Å². The maximum Gasteiger partial charge on any atom is 0.337 e. The Hall–Kier alpha value is -3.50. The number of rotatable bonds is 4. The van der Waals surface area contributed by atoms with Crippen molar-refractivity contribution in [2.45, 2.75) is 120 Å². The zero-order valence-corrected chi connectivity index (χ0v) is 30.5. The van der Waals surface area contributed by atoms with E-state index in [0.29, 0.717) is 34.4 Å². The van der Waals surface area contributed by atoms with Gasteiger partial charge < -0.3 is 10.2 Å². The van der Waals surface area contributed by atoms with Gasteiger partial charge in [0.15, 0.2) is 0 Å². The predicted octanol–water partition coefficient (Wildman–Crippen LogP) is 10.1. The number of benzene rings is 2. The molecule has 3 atom stereocenters. The smallest absolute Gasteiger partial charge is 0.337 e. The van der Waals surface area contributed by atoms with Crippen molar-refractivity contribution in [2.75, 3.05) is 0 Å². The molecule has 2 aromatic rings. The van der Waals surface area contributed by atoms with Crippen LogP contribution in [0.25, 0.3) is 0 Å². The van der Waals surface area contributed by atoms with E-state index in [2.05, 4.69) is 41.9 Å². The van der Waals surface area contributed by atoms with Crippen molar-refractivity contribution in [3.8, 4) is 23.7 Å². The number of aromatic carboxylic acids is 2. The molecular formula is C48H52O4. The molecule has 52 heavy (non-hydrogen) atoms. The molecule has 268 valence electrons. The van der Waals surface area contributed by atoms with E-state index in [1.54, 1.807) is 12.1 Å². The number of hydrogen-bond donors (Lipinski definition) is 2. The largest absolute Gasteiger partial charge is 0.478 e. The summed E-state index contributed by atoms with van der Waals surface area (Å²) in [6.45, 7) is 0. The summed E-state index contributed by atoms with van der Waals surface area (Å²) in [5.41, 5.74) is 4.69. The Labute approximate surface area is 308 Å². The molecule has 12 aliphatic carbocycles. The molecule has 4 nitrogen and oxygen atoms in total. The number of carboxylic acids is 2. The van der Waals surface area contributed by atoms with Crippen LogP contribution in [0.15, 0.2) is 36.4 Å². The molecule has 12 fully saturated rings. The van der Waals surface area contributed by atoms with Gasteiger partial charge in [-0.2, -0.15) is 0 Å². The van der Waals surface area contributed by atoms with E-state index in [1.807, 2.05) is 6.07 Å². The van der Waals surface area contributed by atoms with Gasteiger partial charge in [-0.25, -0.2) is 9.59 Å². The molecule has 0 amide bonds. The van der Waals surface area contributed by atoms with Crippen molar-refractivity contribution in [3.63, 3.8) is 0 Å². The number of carbonyl (C=O) groups is 2. The fourth-order valence-electron chi connectivity index (χ4n) is 16.2. The van der Waals surface area contributed by atoms with Gasteiger partial charge in [0.25, 0.3) is 0 Å². The lowest BCUT2D eigenvalue weighted by molar-refractivity contribution is -0.0281. The van der Waals surface area contributed by atoms with Gasteiger partial charge in [-0.1, -0.05) is 41.9 Å². The number of carboxylic acid groups (broad SMARTS) is 2. The highest BCUT2D eigenvalue weighted by Gasteiger charge is 2.59. The van der Waals surface area contributed by atoms with Crippen molar-refractivity contribution in [2.24, 2.45) is 64.1 Å². The zero-order chi connectivity index (χ0) is 35.0. The Kier molecular flexibility index (Phi) is 6.92. The highest BCUT2D eigenvalue weighted by atomic mass is 16.4. The highest BCUT2D eigenvalue weighted by Crippen LogP contribution is 2.67. The van der Waals surface area contributed by atoms with Crippen LogP contribution in [-0.2, 0) is 5.41 Å². The van der Waals surface area contributed by atoms with Crippen molar-refractivity contribution < 1.29 is 19.8 Å². The topological polar surface area (TPSA) is 74.6 Å². The van der Waals surface area contributed by atoms with Crippen molar-refractivity contribution in [3.05, 3.63) is 69.8 Å². The third-order valence-corrected chi connectivity index (χ3v) is 16.8. The first-order chi connectivity index (χ1) is 25.1. The fraction of sp³-hybridized carbons (Fsp3) is 0.625. The first-order valence-electron chi connectivity index (χ1n) is 20.9. The van der Waals surface area contributed by atoms with E-state index >= 15 is 0 Å². The molecule has 14 rings (SSSR count). The lowest BCUT2D eigenvalue weighted by Crippen LogP contribution is -2.54. The minimum absolute atomic E-state index is 0.0148. The summed E-state index contributed by atoms with van der Waals surface area (Å²) in [7, 11) is 0. The predicted molar refractivity (Wildman–Crippen MR) is 200 cm³/mol. The second kappa shape index (κ2) is 11.3. The molecule has 0 aliphatic heterocycles. The second-order valence-electron chi connectivity index (χ2n) is 20.3. The molecule has 2 N–H and O–H groups in total. The Morgan fingerprint density at radius 3 is 1.40 bits per heavy atom. The SMILES string of the molecule is O=C(O)c1ccc(C23CC4CC(CC(C4)C2c2ccc(C(=O)O)c(C#CC45CC6CC(CC(C6)C4)C5)c2C#CC24CC5CC(CC(C5)C2)C4)C3)cc1. The van der Waals surface area contributed by atoms with Crippen LogP contribution in [0.1, 0.15) is 158 Å². The quantitative estimate of drug-likeness (QED) is 0.313. The molecule has 0 aromatic heterocycles. The minimum atomic E-state index is -0.900. The van der Waals surface area contributed by atoms with Crippen LogP contribution in [0.2, 0.25) is 0 Å². The molecule has 12 saturated carbocycles. The molecule has 12 bridgehead atoms. The fourth-order valence-corrected chi connectivity index (χ4v) is 16.2. The zero-order valence-electron chi connectivity index (χ0n) is 30.5. The van der Waals surface area contributed by atoms with Crippen molar-refractivity contribution >= 4 is 11.9 Å². The summed E-state index contributed by atoms with van der Waals surface area (Å²) in [6, 6.07) is 11.8. The molecule has 0 saturated heterocycles. The lowest BCUT2D eigenvalue weighted by atomic mass is 9.42. The summed E-state index contributed by atoms with van der Waals surface area (Å²) in [5, 5.41) is 20.6. The summed E-state index contributed by atoms with van der Waals surface area (Å²) in [5.74, 6) is 20.5. The first kappa shape index (κ1) is 32.0. The third-order valence-electron chi connectivity index (χ3n) is 16.8. The van der Waals surface area contributed by atoms with E-state index in [4.69, 9.17) is 0 Å². The van der Waals surface area contributed by atoms with Crippen LogP contribution < -0.4 is 0 Å². The molecule has 0 spiro atoms. The average molecular weight is 693 g/mol. The van der Waals surface area contributed by atoms with E-state index in [0.717, 1.165) is 53.9 Å². The van der Waals surface area contributed by atoms with Crippen LogP contribution in [0, 0.1) is 87.8 Å². The first-order valence-corrected chi connectivity index (χ1v) is 20.9. The third kappa shape index (κ3) is 4.95. The summed E-state index contributed by atoms with van der Waals surface area (Å²) in [4.78, 5) is 25.1. The summed E-state index contributed by atoms with van der Waals surface area (Å²) >= 11 is 0. The van der Waals surface area contributed by atoms with Gasteiger partial charge in [0, 0.05) is 21.8 Å². The molecular weight excluding hydrogens is 641 g/mol. The highest BCUT2D eigenvalue weighted by molar-refractivity contribution is 5.92. The van der Waals surface area contributed by atoms with E-state index < -0.39 is 11.9 Å². The molecule has 0 radical (unpaired) electrons. The average Bonchev–Trinajstić information content (AvgIpc) is 3.08. The maximum atomic E-state index is 13.2. The van der Waals surface area contributed by atoms with Gasteiger partial charge in [0.2, 0.25) is 0 Å². The van der Waals surface area contributed by atoms with Crippen LogP contribution in [-0.4, -0.2) is 22.2 Å². The van der Waals surface area contributed by atoms with Crippen molar-refractivity contribution in [1.29, 1.82) is 0 Å². The normalized spacial score (nSPS) is 43.8. The van der Waals surface area contributed by atoms with E-state index in [-0.39, 0.29) is 22.2 Å². The molecule has 0 heterocycles. The summed E-state index contributed by atoms with van der Waals surface area (Å²) < 4.78 is 0. The van der Waals surface area contributed by atoms with Crippen molar-refractivity contribution in [1.82, 2.24) is 0 Å². The Morgan fingerprint density at radius 2 is 0.962 bits per heavy atom. The van der Waals surface area contributed by atoms with Gasteiger partial charge in [-0.15, -0.1) is 0 Å². The maximum absolute atomic E-state index is 13.2. The van der Waals surface area contributed by atoms with Crippen LogP contribution >= 0.6 is 0 Å². The van der Waals surface area contributed by atoms with Gasteiger partial charge >= 0.3 is 11.9 Å². The molecule has 3 unspecified atom stereocenters. The standard InChI is InChI=1S/C48H52O4/c49-44(50)36-1-3-38(4-2-36)48-26-34-17-35(27-48)19-37(18-34)43(48)41-5-6-42(45(51)52)40(8-10-47-23-31-14-32(24-47)16-33(15-31)25-47)39(41)7-9-46-20-28-11-29(21-46)13-30(12-28)22-46/h1-6,28-35,37,43H,11-27H2,(H,49,50)(H,51,52). The summed E-state index contributed by atoms with van der Waals surface area (Å²) in [6.07, 6.45) is 21.3. The van der Waals surface area contributed by atoms with Crippen LogP contribution in [0.4, 0.5) is 0 Å². The number of hydrogen-bond acceptors (Lipinski definition) is 2. The van der Waals surface area contributed by atoms with Crippen LogP contribution in [0.5, 0.6) is 0 Å². The Balaban J connectivity index is 1.10. The van der Waals surface area contributed by atoms with E-state index in [9.17, 15) is 19.8 Å².